The summed E-state index contributed by atoms with van der Waals surface area (Å²) in [4.78, 5) is 12.5. The summed E-state index contributed by atoms with van der Waals surface area (Å²) in [6.07, 6.45) is 2.04. The van der Waals surface area contributed by atoms with Crippen molar-refractivity contribution in [3.63, 3.8) is 0 Å². The van der Waals surface area contributed by atoms with Gasteiger partial charge in [-0.25, -0.2) is 0 Å². The molecule has 0 radical (unpaired) electrons. The first-order chi connectivity index (χ1) is 7.78. The van der Waals surface area contributed by atoms with E-state index in [1.54, 1.807) is 0 Å². The molecule has 1 N–H and O–H groups in total. The number of nitrogens with one attached hydrogen (secondary N) is 1. The number of carbonyl (C=O) groups excluding carboxylic acids is 1. The molecule has 0 saturated carbocycles. The standard InChI is InChI=1S/C16H33NO/c1-10-16(8,9)11-12(14(2,3)4)13(18)17-15(5,6)7/h12H,10-11H2,1-9H3,(H,17,18). The minimum Gasteiger partial charge on any atom is -0.351 e. The first-order valence-corrected chi connectivity index (χ1v) is 7.10. The third-order valence-electron chi connectivity index (χ3n) is 3.57. The lowest BCUT2D eigenvalue weighted by molar-refractivity contribution is -0.131. The molecule has 0 aromatic heterocycles. The Hall–Kier alpha value is -0.530. The second-order valence-corrected chi connectivity index (χ2v) is 8.38. The molecule has 1 unspecified atom stereocenters. The fraction of sp³-hybridized carbons (Fsp3) is 0.938. The van der Waals surface area contributed by atoms with Crippen molar-refractivity contribution in [2.75, 3.05) is 0 Å². The van der Waals surface area contributed by atoms with Crippen molar-refractivity contribution >= 4 is 5.91 Å². The monoisotopic (exact) mass is 255 g/mol. The van der Waals surface area contributed by atoms with Crippen LogP contribution in [-0.2, 0) is 4.79 Å². The van der Waals surface area contributed by atoms with Gasteiger partial charge in [-0.15, -0.1) is 0 Å². The molecule has 0 aliphatic rings. The van der Waals surface area contributed by atoms with E-state index in [1.807, 2.05) is 20.8 Å². The van der Waals surface area contributed by atoms with Crippen molar-refractivity contribution in [3.05, 3.63) is 0 Å². The normalized spacial score (nSPS) is 15.4. The van der Waals surface area contributed by atoms with Crippen LogP contribution in [0.1, 0.15) is 75.2 Å². The molecule has 0 aromatic rings. The lowest BCUT2D eigenvalue weighted by Gasteiger charge is -2.37. The van der Waals surface area contributed by atoms with Crippen LogP contribution in [0.4, 0.5) is 0 Å². The molecule has 0 aliphatic carbocycles. The first kappa shape index (κ1) is 17.5. The molecule has 2 heteroatoms. The highest BCUT2D eigenvalue weighted by Gasteiger charge is 2.36. The van der Waals surface area contributed by atoms with Gasteiger partial charge in [0.2, 0.25) is 5.91 Å². The van der Waals surface area contributed by atoms with Crippen LogP contribution < -0.4 is 5.32 Å². The quantitative estimate of drug-likeness (QED) is 0.793. The highest BCUT2D eigenvalue weighted by molar-refractivity contribution is 5.80. The van der Waals surface area contributed by atoms with Crippen LogP contribution in [0.3, 0.4) is 0 Å². The summed E-state index contributed by atoms with van der Waals surface area (Å²) >= 11 is 0. The third kappa shape index (κ3) is 6.42. The van der Waals surface area contributed by atoms with E-state index in [0.717, 1.165) is 12.8 Å². The van der Waals surface area contributed by atoms with Crippen LogP contribution in [0.15, 0.2) is 0 Å². The Morgan fingerprint density at radius 1 is 1.00 bits per heavy atom. The molecule has 0 spiro atoms. The summed E-state index contributed by atoms with van der Waals surface area (Å²) in [5, 5.41) is 3.13. The van der Waals surface area contributed by atoms with E-state index in [4.69, 9.17) is 0 Å². The summed E-state index contributed by atoms with van der Waals surface area (Å²) in [5.41, 5.74) is 0.0614. The summed E-state index contributed by atoms with van der Waals surface area (Å²) < 4.78 is 0. The first-order valence-electron chi connectivity index (χ1n) is 7.10. The van der Waals surface area contributed by atoms with Crippen LogP contribution in [0, 0.1) is 16.7 Å². The van der Waals surface area contributed by atoms with Gasteiger partial charge in [0.25, 0.3) is 0 Å². The molecule has 18 heavy (non-hydrogen) atoms. The molecular weight excluding hydrogens is 222 g/mol. The zero-order valence-corrected chi connectivity index (χ0v) is 13.9. The number of hydrogen-bond acceptors (Lipinski definition) is 1. The number of amides is 1. The van der Waals surface area contributed by atoms with Crippen LogP contribution in [-0.4, -0.2) is 11.4 Å². The minimum absolute atomic E-state index is 0.00176. The van der Waals surface area contributed by atoms with Crippen molar-refractivity contribution in [2.45, 2.75) is 80.7 Å². The molecule has 0 saturated heterocycles. The Kier molecular flexibility index (Phi) is 5.46. The maximum Gasteiger partial charge on any atom is 0.224 e. The molecule has 0 aromatic carbocycles. The summed E-state index contributed by atoms with van der Waals surface area (Å²) in [6.45, 7) is 19.3. The summed E-state index contributed by atoms with van der Waals surface area (Å²) in [6, 6.07) is 0. The van der Waals surface area contributed by atoms with Crippen LogP contribution in [0.5, 0.6) is 0 Å². The highest BCUT2D eigenvalue weighted by Crippen LogP contribution is 2.38. The molecule has 1 amide bonds. The van der Waals surface area contributed by atoms with Gasteiger partial charge in [-0.1, -0.05) is 48.0 Å². The molecule has 0 rings (SSSR count). The predicted octanol–water partition coefficient (Wildman–Crippen LogP) is 4.39. The molecule has 1 atom stereocenters. The Morgan fingerprint density at radius 3 is 1.72 bits per heavy atom. The maximum atomic E-state index is 12.5. The summed E-state index contributed by atoms with van der Waals surface area (Å²) in [5.74, 6) is 0.253. The van der Waals surface area contributed by atoms with Gasteiger partial charge in [0.1, 0.15) is 0 Å². The van der Waals surface area contributed by atoms with Gasteiger partial charge in [0.05, 0.1) is 0 Å². The van der Waals surface area contributed by atoms with Crippen molar-refractivity contribution in [2.24, 2.45) is 16.7 Å². The average Bonchev–Trinajstić information content (AvgIpc) is 2.09. The van der Waals surface area contributed by atoms with Gasteiger partial charge in [-0.3, -0.25) is 4.79 Å². The topological polar surface area (TPSA) is 29.1 Å². The molecule has 0 aliphatic heterocycles. The van der Waals surface area contributed by atoms with Crippen molar-refractivity contribution in [1.82, 2.24) is 5.32 Å². The smallest absolute Gasteiger partial charge is 0.224 e. The fourth-order valence-corrected chi connectivity index (χ4v) is 1.95. The SMILES string of the molecule is CCC(C)(C)CC(C(=O)NC(C)(C)C)C(C)(C)C. The molecule has 108 valence electrons. The molecule has 0 fully saturated rings. The van der Waals surface area contributed by atoms with Crippen molar-refractivity contribution in [3.8, 4) is 0 Å². The van der Waals surface area contributed by atoms with Gasteiger partial charge in [0, 0.05) is 11.5 Å². The number of carbonyl (C=O) groups is 1. The molecule has 2 nitrogen and oxygen atoms in total. The van der Waals surface area contributed by atoms with Crippen molar-refractivity contribution < 1.29 is 4.79 Å². The maximum absolute atomic E-state index is 12.5. The minimum atomic E-state index is -0.156. The van der Waals surface area contributed by atoms with Crippen molar-refractivity contribution in [1.29, 1.82) is 0 Å². The highest BCUT2D eigenvalue weighted by atomic mass is 16.2. The largest absolute Gasteiger partial charge is 0.351 e. The van der Waals surface area contributed by atoms with Gasteiger partial charge in [-0.05, 0) is 38.0 Å². The van der Waals surface area contributed by atoms with Crippen LogP contribution >= 0.6 is 0 Å². The number of hydrogen-bond donors (Lipinski definition) is 1. The Morgan fingerprint density at radius 2 is 1.44 bits per heavy atom. The predicted molar refractivity (Wildman–Crippen MR) is 79.5 cm³/mol. The molecule has 0 bridgehead atoms. The lowest BCUT2D eigenvalue weighted by atomic mass is 9.70. The Bertz CT molecular complexity index is 278. The molecular formula is C16H33NO. The van der Waals surface area contributed by atoms with Gasteiger partial charge < -0.3 is 5.32 Å². The Labute approximate surface area is 114 Å². The van der Waals surface area contributed by atoms with Gasteiger partial charge >= 0.3 is 0 Å². The number of rotatable bonds is 4. The van der Waals surface area contributed by atoms with E-state index in [2.05, 4.69) is 46.9 Å². The van der Waals surface area contributed by atoms with Gasteiger partial charge in [0.15, 0.2) is 0 Å². The molecule has 0 heterocycles. The van der Waals surface area contributed by atoms with Crippen LogP contribution in [0.2, 0.25) is 0 Å². The van der Waals surface area contributed by atoms with E-state index in [-0.39, 0.29) is 28.2 Å². The fourth-order valence-electron chi connectivity index (χ4n) is 1.95. The zero-order valence-electron chi connectivity index (χ0n) is 13.9. The zero-order chi connectivity index (χ0) is 14.8. The lowest BCUT2D eigenvalue weighted by Crippen LogP contribution is -2.48. The van der Waals surface area contributed by atoms with Gasteiger partial charge in [-0.2, -0.15) is 0 Å². The van der Waals surface area contributed by atoms with E-state index in [9.17, 15) is 4.79 Å². The second kappa shape index (κ2) is 5.63. The average molecular weight is 255 g/mol. The Balaban J connectivity index is 4.98. The van der Waals surface area contributed by atoms with E-state index in [0.29, 0.717) is 0 Å². The van der Waals surface area contributed by atoms with E-state index < -0.39 is 0 Å². The van der Waals surface area contributed by atoms with E-state index >= 15 is 0 Å². The van der Waals surface area contributed by atoms with E-state index in [1.165, 1.54) is 0 Å². The van der Waals surface area contributed by atoms with Crippen LogP contribution in [0.25, 0.3) is 0 Å². The second-order valence-electron chi connectivity index (χ2n) is 8.38. The third-order valence-corrected chi connectivity index (χ3v) is 3.57. The summed E-state index contributed by atoms with van der Waals surface area (Å²) in [7, 11) is 0.